The van der Waals surface area contributed by atoms with Crippen molar-refractivity contribution in [2.45, 2.75) is 25.4 Å². The van der Waals surface area contributed by atoms with Crippen molar-refractivity contribution in [3.63, 3.8) is 0 Å². The lowest BCUT2D eigenvalue weighted by Crippen LogP contribution is -2.42. The highest BCUT2D eigenvalue weighted by atomic mass is 16.3. The molecule has 0 aromatic heterocycles. The lowest BCUT2D eigenvalue weighted by atomic mass is 10.1. The highest BCUT2D eigenvalue weighted by Crippen LogP contribution is 2.11. The average molecular weight is 222 g/mol. The van der Waals surface area contributed by atoms with Crippen molar-refractivity contribution in [1.29, 1.82) is 0 Å². The number of amides is 1. The van der Waals surface area contributed by atoms with Gasteiger partial charge in [0.05, 0.1) is 18.7 Å². The van der Waals surface area contributed by atoms with E-state index in [1.165, 1.54) is 0 Å². The van der Waals surface area contributed by atoms with Crippen LogP contribution in [0.1, 0.15) is 24.9 Å². The Bertz CT molecular complexity index is 327. The molecule has 88 valence electrons. The third-order valence-corrected chi connectivity index (χ3v) is 2.48. The Labute approximate surface area is 95.5 Å². The maximum atomic E-state index is 11.6. The van der Waals surface area contributed by atoms with Gasteiger partial charge in [-0.3, -0.25) is 4.79 Å². The van der Waals surface area contributed by atoms with Gasteiger partial charge in [0.25, 0.3) is 0 Å². The molecule has 16 heavy (non-hydrogen) atoms. The molecule has 0 aliphatic carbocycles. The van der Waals surface area contributed by atoms with Crippen LogP contribution >= 0.6 is 0 Å². The molecule has 0 spiro atoms. The van der Waals surface area contributed by atoms with Crippen LogP contribution in [0.5, 0.6) is 0 Å². The predicted octanol–water partition coefficient (Wildman–Crippen LogP) is 0.573. The zero-order chi connectivity index (χ0) is 12.0. The Morgan fingerprint density at radius 1 is 1.44 bits per heavy atom. The van der Waals surface area contributed by atoms with Gasteiger partial charge >= 0.3 is 0 Å². The summed E-state index contributed by atoms with van der Waals surface area (Å²) in [6, 6.07) is 8.44. The van der Waals surface area contributed by atoms with Crippen LogP contribution in [0.3, 0.4) is 0 Å². The first-order chi connectivity index (χ1) is 7.69. The van der Waals surface area contributed by atoms with Crippen LogP contribution in [-0.4, -0.2) is 23.7 Å². The third-order valence-electron chi connectivity index (χ3n) is 2.48. The molecule has 4 heteroatoms. The molecule has 1 aromatic rings. The number of benzene rings is 1. The van der Waals surface area contributed by atoms with Gasteiger partial charge in [0.2, 0.25) is 5.91 Å². The van der Waals surface area contributed by atoms with Crippen molar-refractivity contribution in [2.24, 2.45) is 5.73 Å². The van der Waals surface area contributed by atoms with Crippen molar-refractivity contribution in [3.05, 3.63) is 35.9 Å². The molecule has 4 nitrogen and oxygen atoms in total. The molecule has 1 rings (SSSR count). The molecule has 4 N–H and O–H groups in total. The maximum absolute atomic E-state index is 11.6. The van der Waals surface area contributed by atoms with Crippen LogP contribution in [0.25, 0.3) is 0 Å². The van der Waals surface area contributed by atoms with Gasteiger partial charge in [-0.15, -0.1) is 0 Å². The Hall–Kier alpha value is -1.39. The molecule has 1 unspecified atom stereocenters. The van der Waals surface area contributed by atoms with Gasteiger partial charge in [-0.1, -0.05) is 37.3 Å². The summed E-state index contributed by atoms with van der Waals surface area (Å²) >= 11 is 0. The maximum Gasteiger partial charge on any atom is 0.237 e. The number of aliphatic hydroxyl groups is 1. The quantitative estimate of drug-likeness (QED) is 0.682. The molecule has 1 aromatic carbocycles. The molecule has 0 saturated carbocycles. The van der Waals surface area contributed by atoms with Crippen LogP contribution in [0.15, 0.2) is 30.3 Å². The lowest BCUT2D eigenvalue weighted by Gasteiger charge is -2.18. The summed E-state index contributed by atoms with van der Waals surface area (Å²) in [6.07, 6.45) is 0.582. The zero-order valence-electron chi connectivity index (χ0n) is 9.39. The number of nitrogens with two attached hydrogens (primary N) is 1. The van der Waals surface area contributed by atoms with Crippen molar-refractivity contribution in [2.75, 3.05) is 6.61 Å². The molecule has 0 fully saturated rings. The SMILES string of the molecule is CCC(N)C(=O)N[C@H](CO)c1ccccc1. The number of aliphatic hydroxyl groups excluding tert-OH is 1. The van der Waals surface area contributed by atoms with E-state index in [4.69, 9.17) is 5.73 Å². The number of hydrogen-bond donors (Lipinski definition) is 3. The summed E-state index contributed by atoms with van der Waals surface area (Å²) in [5.74, 6) is -0.231. The summed E-state index contributed by atoms with van der Waals surface area (Å²) in [5.41, 5.74) is 6.48. The van der Waals surface area contributed by atoms with Crippen LogP contribution < -0.4 is 11.1 Å². The molecular formula is C12H18N2O2. The Balaban J connectivity index is 2.66. The van der Waals surface area contributed by atoms with Gasteiger partial charge in [0, 0.05) is 0 Å². The number of nitrogens with one attached hydrogen (secondary N) is 1. The third kappa shape index (κ3) is 3.32. The van der Waals surface area contributed by atoms with E-state index in [9.17, 15) is 9.90 Å². The van der Waals surface area contributed by atoms with Crippen LogP contribution in [0.2, 0.25) is 0 Å². The molecule has 0 aliphatic rings. The summed E-state index contributed by atoms with van der Waals surface area (Å²) in [6.45, 7) is 1.72. The van der Waals surface area contributed by atoms with Crippen molar-refractivity contribution in [3.8, 4) is 0 Å². The van der Waals surface area contributed by atoms with Crippen molar-refractivity contribution < 1.29 is 9.90 Å². The molecule has 0 heterocycles. The minimum atomic E-state index is -0.516. The first-order valence-electron chi connectivity index (χ1n) is 5.40. The standard InChI is InChI=1S/C12H18N2O2/c1-2-10(13)12(16)14-11(8-15)9-6-4-3-5-7-9/h3-7,10-11,15H,2,8,13H2,1H3,(H,14,16)/t10?,11-/m1/s1. The van der Waals surface area contributed by atoms with Crippen molar-refractivity contribution >= 4 is 5.91 Å². The molecule has 0 aliphatic heterocycles. The van der Waals surface area contributed by atoms with Crippen LogP contribution in [0, 0.1) is 0 Å². The molecule has 2 atom stereocenters. The first-order valence-corrected chi connectivity index (χ1v) is 5.40. The van der Waals surface area contributed by atoms with E-state index < -0.39 is 6.04 Å². The second-order valence-corrected chi connectivity index (χ2v) is 3.67. The fraction of sp³-hybridized carbons (Fsp3) is 0.417. The minimum absolute atomic E-state index is 0.133. The fourth-order valence-corrected chi connectivity index (χ4v) is 1.38. The Kier molecular flexibility index (Phi) is 4.95. The molecular weight excluding hydrogens is 204 g/mol. The van der Waals surface area contributed by atoms with E-state index in [0.29, 0.717) is 6.42 Å². The van der Waals surface area contributed by atoms with E-state index in [1.807, 2.05) is 37.3 Å². The van der Waals surface area contributed by atoms with Crippen LogP contribution in [0.4, 0.5) is 0 Å². The highest BCUT2D eigenvalue weighted by Gasteiger charge is 2.17. The highest BCUT2D eigenvalue weighted by molar-refractivity contribution is 5.81. The van der Waals surface area contributed by atoms with E-state index >= 15 is 0 Å². The van der Waals surface area contributed by atoms with Gasteiger partial charge in [-0.25, -0.2) is 0 Å². The second-order valence-electron chi connectivity index (χ2n) is 3.67. The van der Waals surface area contributed by atoms with Gasteiger partial charge < -0.3 is 16.2 Å². The zero-order valence-corrected chi connectivity index (χ0v) is 9.39. The molecule has 0 radical (unpaired) electrons. The minimum Gasteiger partial charge on any atom is -0.394 e. The van der Waals surface area contributed by atoms with Gasteiger partial charge in [-0.2, -0.15) is 0 Å². The normalized spacial score (nSPS) is 14.2. The van der Waals surface area contributed by atoms with Gasteiger partial charge in [0.1, 0.15) is 0 Å². The molecule has 0 bridgehead atoms. The monoisotopic (exact) mass is 222 g/mol. The lowest BCUT2D eigenvalue weighted by molar-refractivity contribution is -0.123. The van der Waals surface area contributed by atoms with Gasteiger partial charge in [-0.05, 0) is 12.0 Å². The van der Waals surface area contributed by atoms with Gasteiger partial charge in [0.15, 0.2) is 0 Å². The largest absolute Gasteiger partial charge is 0.394 e. The predicted molar refractivity (Wildman–Crippen MR) is 62.7 cm³/mol. The van der Waals surface area contributed by atoms with E-state index in [0.717, 1.165) is 5.56 Å². The fourth-order valence-electron chi connectivity index (χ4n) is 1.38. The number of carbonyl (C=O) groups excluding carboxylic acids is 1. The Morgan fingerprint density at radius 3 is 2.56 bits per heavy atom. The number of carbonyl (C=O) groups is 1. The summed E-state index contributed by atoms with van der Waals surface area (Å²) in [7, 11) is 0. The average Bonchev–Trinajstić information content (AvgIpc) is 2.35. The smallest absolute Gasteiger partial charge is 0.237 e. The topological polar surface area (TPSA) is 75.4 Å². The van der Waals surface area contributed by atoms with E-state index in [1.54, 1.807) is 0 Å². The second kappa shape index (κ2) is 6.25. The first kappa shape index (κ1) is 12.7. The molecule has 1 amide bonds. The van der Waals surface area contributed by atoms with Crippen molar-refractivity contribution in [1.82, 2.24) is 5.32 Å². The molecule has 0 saturated heterocycles. The van der Waals surface area contributed by atoms with E-state index in [-0.39, 0.29) is 18.6 Å². The summed E-state index contributed by atoms with van der Waals surface area (Å²) < 4.78 is 0. The number of hydrogen-bond acceptors (Lipinski definition) is 3. The van der Waals surface area contributed by atoms with Crippen LogP contribution in [-0.2, 0) is 4.79 Å². The summed E-state index contributed by atoms with van der Waals surface area (Å²) in [4.78, 5) is 11.6. The number of rotatable bonds is 5. The summed E-state index contributed by atoms with van der Waals surface area (Å²) in [5, 5.41) is 11.9. The van der Waals surface area contributed by atoms with E-state index in [2.05, 4.69) is 5.32 Å². The Morgan fingerprint density at radius 2 is 2.06 bits per heavy atom.